The lowest BCUT2D eigenvalue weighted by Crippen LogP contribution is -2.46. The van der Waals surface area contributed by atoms with Crippen LogP contribution in [-0.2, 0) is 12.8 Å². The number of halogens is 2. The number of hydrazine groups is 1. The number of nitrogens with zero attached hydrogens (tertiary/aromatic N) is 2. The molecule has 1 heterocycles. The highest BCUT2D eigenvalue weighted by Gasteiger charge is 2.27. The van der Waals surface area contributed by atoms with Crippen molar-refractivity contribution in [3.8, 4) is 5.69 Å². The average Bonchev–Trinajstić information content (AvgIpc) is 3.15. The minimum Gasteiger partial charge on any atom is -0.340 e. The molecule has 0 bridgehead atoms. The Morgan fingerprint density at radius 2 is 2.00 bits per heavy atom. The number of urea groups is 1. The highest BCUT2D eigenvalue weighted by Crippen LogP contribution is 2.31. The van der Waals surface area contributed by atoms with Gasteiger partial charge in [0.15, 0.2) is 5.69 Å². The molecule has 0 spiro atoms. The monoisotopic (exact) mass is 367 g/mol. The van der Waals surface area contributed by atoms with Gasteiger partial charge in [0.1, 0.15) is 0 Å². The molecule has 0 fully saturated rings. The Hall–Kier alpha value is -2.25. The van der Waals surface area contributed by atoms with Gasteiger partial charge in [-0.15, -0.1) is 0 Å². The fourth-order valence-corrected chi connectivity index (χ4v) is 3.20. The van der Waals surface area contributed by atoms with Gasteiger partial charge < -0.3 is 5.32 Å². The summed E-state index contributed by atoms with van der Waals surface area (Å²) in [6, 6.07) is 4.61. The first-order valence-corrected chi connectivity index (χ1v) is 8.11. The number of amides is 3. The van der Waals surface area contributed by atoms with Crippen molar-refractivity contribution in [3.63, 3.8) is 0 Å². The van der Waals surface area contributed by atoms with E-state index in [0.29, 0.717) is 15.7 Å². The molecule has 24 heavy (non-hydrogen) atoms. The topological polar surface area (TPSA) is 88.1 Å². The summed E-state index contributed by atoms with van der Waals surface area (Å²) in [7, 11) is 1.45. The lowest BCUT2D eigenvalue weighted by molar-refractivity contribution is 0.0930. The summed E-state index contributed by atoms with van der Waals surface area (Å²) >= 11 is 12.2. The van der Waals surface area contributed by atoms with E-state index in [-0.39, 0.29) is 5.69 Å². The molecule has 1 aromatic heterocycles. The van der Waals surface area contributed by atoms with E-state index < -0.39 is 11.9 Å². The van der Waals surface area contributed by atoms with E-state index in [1.165, 1.54) is 7.05 Å². The van der Waals surface area contributed by atoms with E-state index in [4.69, 9.17) is 23.2 Å². The molecule has 0 radical (unpaired) electrons. The second-order valence-corrected chi connectivity index (χ2v) is 6.14. The molecule has 0 saturated heterocycles. The van der Waals surface area contributed by atoms with Gasteiger partial charge in [-0.3, -0.25) is 10.2 Å². The Morgan fingerprint density at radius 3 is 2.71 bits per heavy atom. The molecule has 9 heteroatoms. The van der Waals surface area contributed by atoms with Gasteiger partial charge in [0.05, 0.1) is 10.7 Å². The molecule has 3 N–H and O–H groups in total. The van der Waals surface area contributed by atoms with Gasteiger partial charge in [-0.05, 0) is 37.5 Å². The second kappa shape index (κ2) is 6.70. The minimum absolute atomic E-state index is 0.282. The van der Waals surface area contributed by atoms with E-state index in [0.717, 1.165) is 30.5 Å². The third kappa shape index (κ3) is 3.05. The van der Waals surface area contributed by atoms with Crippen LogP contribution in [0.2, 0.25) is 10.0 Å². The Bertz CT molecular complexity index is 818. The van der Waals surface area contributed by atoms with Crippen LogP contribution in [0.4, 0.5) is 4.79 Å². The van der Waals surface area contributed by atoms with Gasteiger partial charge in [-0.25, -0.2) is 14.9 Å². The molecular weight excluding hydrogens is 353 g/mol. The molecule has 1 aromatic carbocycles. The van der Waals surface area contributed by atoms with Crippen molar-refractivity contribution in [3.05, 3.63) is 45.2 Å². The number of hydrogen-bond donors (Lipinski definition) is 3. The van der Waals surface area contributed by atoms with Crippen molar-refractivity contribution in [2.24, 2.45) is 0 Å². The second-order valence-electron chi connectivity index (χ2n) is 5.29. The maximum Gasteiger partial charge on any atom is 0.333 e. The first kappa shape index (κ1) is 16.6. The number of benzene rings is 1. The lowest BCUT2D eigenvalue weighted by atomic mass is 10.2. The molecule has 1 aliphatic carbocycles. The smallest absolute Gasteiger partial charge is 0.333 e. The fraction of sp³-hybridized carbons (Fsp3) is 0.267. The lowest BCUT2D eigenvalue weighted by Gasteiger charge is -2.08. The summed E-state index contributed by atoms with van der Waals surface area (Å²) in [5.74, 6) is -0.472. The summed E-state index contributed by atoms with van der Waals surface area (Å²) < 4.78 is 1.68. The maximum absolute atomic E-state index is 12.3. The predicted molar refractivity (Wildman–Crippen MR) is 90.7 cm³/mol. The normalized spacial score (nSPS) is 12.6. The molecule has 126 valence electrons. The molecule has 0 aliphatic heterocycles. The minimum atomic E-state index is -0.514. The number of rotatable bonds is 2. The van der Waals surface area contributed by atoms with Crippen LogP contribution >= 0.6 is 23.2 Å². The van der Waals surface area contributed by atoms with Gasteiger partial charge in [-0.1, -0.05) is 23.2 Å². The zero-order chi connectivity index (χ0) is 17.3. The van der Waals surface area contributed by atoms with Crippen LogP contribution in [0.5, 0.6) is 0 Å². The number of fused-ring (bicyclic) bond motifs is 1. The quantitative estimate of drug-likeness (QED) is 0.711. The Balaban J connectivity index is 1.96. The highest BCUT2D eigenvalue weighted by molar-refractivity contribution is 6.35. The molecule has 1 aliphatic rings. The fourth-order valence-electron chi connectivity index (χ4n) is 2.71. The van der Waals surface area contributed by atoms with Crippen molar-refractivity contribution in [2.45, 2.75) is 19.3 Å². The van der Waals surface area contributed by atoms with E-state index in [1.54, 1.807) is 22.9 Å². The van der Waals surface area contributed by atoms with Crippen molar-refractivity contribution in [1.82, 2.24) is 25.9 Å². The summed E-state index contributed by atoms with van der Waals surface area (Å²) in [5.41, 5.74) is 7.35. The predicted octanol–water partition coefficient (Wildman–Crippen LogP) is 2.24. The van der Waals surface area contributed by atoms with Crippen molar-refractivity contribution in [1.29, 1.82) is 0 Å². The number of nitrogens with one attached hydrogen (secondary N) is 3. The van der Waals surface area contributed by atoms with Crippen LogP contribution in [0.15, 0.2) is 18.2 Å². The van der Waals surface area contributed by atoms with Crippen LogP contribution in [0.1, 0.15) is 28.2 Å². The number of carbonyl (C=O) groups is 2. The van der Waals surface area contributed by atoms with Crippen LogP contribution in [0.3, 0.4) is 0 Å². The zero-order valence-electron chi connectivity index (χ0n) is 12.8. The highest BCUT2D eigenvalue weighted by atomic mass is 35.5. The maximum atomic E-state index is 12.3. The number of carbonyl (C=O) groups excluding carboxylic acids is 2. The summed E-state index contributed by atoms with van der Waals surface area (Å²) in [4.78, 5) is 23.5. The standard InChI is InChI=1S/C15H15Cl2N5O2/c1-18-15(24)20-19-14(23)13-9-3-2-4-11(9)22(21-13)12-6-5-8(16)7-10(12)17/h5-7H,2-4H2,1H3,(H,19,23)(H2,18,20,24). The third-order valence-corrected chi connectivity index (χ3v) is 4.34. The Kier molecular flexibility index (Phi) is 4.64. The van der Waals surface area contributed by atoms with E-state index >= 15 is 0 Å². The summed E-state index contributed by atoms with van der Waals surface area (Å²) in [6.07, 6.45) is 2.49. The Labute approximate surface area is 148 Å². The van der Waals surface area contributed by atoms with Crippen molar-refractivity contribution >= 4 is 35.1 Å². The van der Waals surface area contributed by atoms with Gasteiger partial charge in [0, 0.05) is 23.3 Å². The van der Waals surface area contributed by atoms with Gasteiger partial charge in [-0.2, -0.15) is 5.10 Å². The van der Waals surface area contributed by atoms with E-state index in [1.807, 2.05) is 0 Å². The molecule has 7 nitrogen and oxygen atoms in total. The molecule has 3 amide bonds. The molecule has 3 rings (SSSR count). The van der Waals surface area contributed by atoms with Crippen LogP contribution in [0.25, 0.3) is 5.69 Å². The average molecular weight is 368 g/mol. The SMILES string of the molecule is CNC(=O)NNC(=O)c1nn(-c2ccc(Cl)cc2Cl)c2c1CCC2. The zero-order valence-corrected chi connectivity index (χ0v) is 14.3. The van der Waals surface area contributed by atoms with Crippen molar-refractivity contribution in [2.75, 3.05) is 7.05 Å². The van der Waals surface area contributed by atoms with Crippen LogP contribution in [0, 0.1) is 0 Å². The van der Waals surface area contributed by atoms with E-state index in [9.17, 15) is 9.59 Å². The largest absolute Gasteiger partial charge is 0.340 e. The molecular formula is C15H15Cl2N5O2. The van der Waals surface area contributed by atoms with E-state index in [2.05, 4.69) is 21.3 Å². The first-order chi connectivity index (χ1) is 11.5. The van der Waals surface area contributed by atoms with Gasteiger partial charge >= 0.3 is 6.03 Å². The third-order valence-electron chi connectivity index (χ3n) is 3.80. The van der Waals surface area contributed by atoms with Gasteiger partial charge in [0.2, 0.25) is 0 Å². The molecule has 0 saturated carbocycles. The van der Waals surface area contributed by atoms with Gasteiger partial charge in [0.25, 0.3) is 5.91 Å². The molecule has 2 aromatic rings. The number of aromatic nitrogens is 2. The molecule has 0 unspecified atom stereocenters. The van der Waals surface area contributed by atoms with Crippen LogP contribution < -0.4 is 16.2 Å². The summed E-state index contributed by atoms with van der Waals surface area (Å²) in [5, 5.41) is 7.73. The Morgan fingerprint density at radius 1 is 1.21 bits per heavy atom. The van der Waals surface area contributed by atoms with Crippen molar-refractivity contribution < 1.29 is 9.59 Å². The number of hydrogen-bond acceptors (Lipinski definition) is 3. The molecule has 0 atom stereocenters. The first-order valence-electron chi connectivity index (χ1n) is 7.35. The summed E-state index contributed by atoms with van der Waals surface area (Å²) in [6.45, 7) is 0. The van der Waals surface area contributed by atoms with Crippen LogP contribution in [-0.4, -0.2) is 28.8 Å².